The number of aliphatic hydroxyl groups is 1. The molecule has 1 aromatic carbocycles. The first-order valence-electron chi connectivity index (χ1n) is 3.78. The minimum Gasteiger partial charge on any atom is -0.477 e. The molecule has 0 radical (unpaired) electrons. The third kappa shape index (κ3) is 2.75. The first-order valence-corrected chi connectivity index (χ1v) is 4.29. The fourth-order valence-corrected chi connectivity index (χ4v) is 0.859. The second-order valence-electron chi connectivity index (χ2n) is 2.56. The molecule has 0 saturated heterocycles. The van der Waals surface area contributed by atoms with Gasteiger partial charge in [-0.05, 0) is 19.1 Å². The zero-order valence-corrected chi connectivity index (χ0v) is 7.74. The van der Waals surface area contributed by atoms with Crippen LogP contribution in [0.3, 0.4) is 0 Å². The highest BCUT2D eigenvalue weighted by atomic mass is 32.1. The van der Waals surface area contributed by atoms with E-state index in [9.17, 15) is 0 Å². The van der Waals surface area contributed by atoms with Crippen LogP contribution in [0.4, 0.5) is 0 Å². The van der Waals surface area contributed by atoms with E-state index in [2.05, 4.69) is 12.6 Å². The summed E-state index contributed by atoms with van der Waals surface area (Å²) in [6, 6.07) is 9.30. The van der Waals surface area contributed by atoms with Crippen LogP contribution < -0.4 is 4.74 Å². The van der Waals surface area contributed by atoms with Gasteiger partial charge in [0.2, 0.25) is 0 Å². The predicted octanol–water partition coefficient (Wildman–Crippen LogP) is 1.70. The molecule has 0 saturated carbocycles. The molecule has 12 heavy (non-hydrogen) atoms. The van der Waals surface area contributed by atoms with Crippen LogP contribution >= 0.6 is 12.6 Å². The molecule has 3 heteroatoms. The van der Waals surface area contributed by atoms with Crippen molar-refractivity contribution in [3.63, 3.8) is 0 Å². The largest absolute Gasteiger partial charge is 0.477 e. The van der Waals surface area contributed by atoms with E-state index in [-0.39, 0.29) is 0 Å². The van der Waals surface area contributed by atoms with Crippen LogP contribution in [0.1, 0.15) is 6.92 Å². The molecule has 2 nitrogen and oxygen atoms in total. The average molecular weight is 184 g/mol. The number of rotatable bonds is 3. The molecule has 2 atom stereocenters. The van der Waals surface area contributed by atoms with Gasteiger partial charge >= 0.3 is 0 Å². The molecule has 0 aromatic heterocycles. The zero-order valence-electron chi connectivity index (χ0n) is 6.84. The highest BCUT2D eigenvalue weighted by Gasteiger charge is 2.10. The lowest BCUT2D eigenvalue weighted by atomic mass is 10.3. The Balaban J connectivity index is 2.53. The van der Waals surface area contributed by atoms with Crippen LogP contribution in [-0.4, -0.2) is 16.6 Å². The number of thiol groups is 1. The lowest BCUT2D eigenvalue weighted by Gasteiger charge is -2.15. The first kappa shape index (κ1) is 9.42. The Kier molecular flexibility index (Phi) is 3.44. The molecular weight excluding hydrogens is 172 g/mol. The monoisotopic (exact) mass is 184 g/mol. The number of benzene rings is 1. The molecule has 2 unspecified atom stereocenters. The van der Waals surface area contributed by atoms with Crippen LogP contribution in [0.2, 0.25) is 0 Å². The van der Waals surface area contributed by atoms with Crippen molar-refractivity contribution in [2.24, 2.45) is 0 Å². The third-order valence-corrected chi connectivity index (χ3v) is 1.95. The lowest BCUT2D eigenvalue weighted by molar-refractivity contribution is 0.103. The summed E-state index contributed by atoms with van der Waals surface area (Å²) in [5.41, 5.74) is -0.465. The summed E-state index contributed by atoms with van der Waals surface area (Å²) in [5, 5.41) is 9.08. The molecule has 0 aliphatic carbocycles. The van der Waals surface area contributed by atoms with E-state index in [1.807, 2.05) is 30.3 Å². The standard InChI is InChI=1S/C9H12O2S/c1-7(10)9(12)11-8-5-3-2-4-6-8/h2-7,9-10,12H,1H3. The van der Waals surface area contributed by atoms with E-state index >= 15 is 0 Å². The number of aliphatic hydroxyl groups excluding tert-OH is 1. The van der Waals surface area contributed by atoms with Gasteiger partial charge in [-0.25, -0.2) is 0 Å². The van der Waals surface area contributed by atoms with E-state index in [1.165, 1.54) is 0 Å². The van der Waals surface area contributed by atoms with Crippen LogP contribution in [0.25, 0.3) is 0 Å². The fourth-order valence-electron chi connectivity index (χ4n) is 0.737. The van der Waals surface area contributed by atoms with Crippen molar-refractivity contribution in [1.82, 2.24) is 0 Å². The third-order valence-electron chi connectivity index (χ3n) is 1.41. The minimum atomic E-state index is -0.575. The molecule has 0 aliphatic rings. The molecule has 0 spiro atoms. The molecular formula is C9H12O2S. The van der Waals surface area contributed by atoms with Crippen LogP contribution in [0.15, 0.2) is 30.3 Å². The zero-order chi connectivity index (χ0) is 8.97. The molecule has 1 aromatic rings. The summed E-state index contributed by atoms with van der Waals surface area (Å²) in [5.74, 6) is 0.721. The fraction of sp³-hybridized carbons (Fsp3) is 0.333. The van der Waals surface area contributed by atoms with E-state index in [0.29, 0.717) is 0 Å². The summed E-state index contributed by atoms with van der Waals surface area (Å²) < 4.78 is 5.29. The van der Waals surface area contributed by atoms with Gasteiger partial charge in [0.15, 0.2) is 5.44 Å². The van der Waals surface area contributed by atoms with Gasteiger partial charge < -0.3 is 9.84 Å². The summed E-state index contributed by atoms with van der Waals surface area (Å²) >= 11 is 4.06. The summed E-state index contributed by atoms with van der Waals surface area (Å²) in [6.45, 7) is 1.64. The second kappa shape index (κ2) is 4.38. The predicted molar refractivity (Wildman–Crippen MR) is 51.5 cm³/mol. The summed E-state index contributed by atoms with van der Waals surface area (Å²) in [7, 11) is 0. The Bertz CT molecular complexity index is 223. The van der Waals surface area contributed by atoms with Gasteiger partial charge in [-0.2, -0.15) is 0 Å². The smallest absolute Gasteiger partial charge is 0.167 e. The Morgan fingerprint density at radius 2 is 1.92 bits per heavy atom. The van der Waals surface area contributed by atoms with Crippen LogP contribution in [0.5, 0.6) is 5.75 Å². The molecule has 0 amide bonds. The van der Waals surface area contributed by atoms with E-state index in [0.717, 1.165) is 5.75 Å². The van der Waals surface area contributed by atoms with Crippen molar-refractivity contribution in [2.45, 2.75) is 18.5 Å². The van der Waals surface area contributed by atoms with E-state index < -0.39 is 11.5 Å². The lowest BCUT2D eigenvalue weighted by Crippen LogP contribution is -2.23. The minimum absolute atomic E-state index is 0.465. The molecule has 0 aliphatic heterocycles. The Morgan fingerprint density at radius 3 is 2.42 bits per heavy atom. The molecule has 0 fully saturated rings. The highest BCUT2D eigenvalue weighted by molar-refractivity contribution is 7.80. The van der Waals surface area contributed by atoms with Gasteiger partial charge in [0, 0.05) is 0 Å². The van der Waals surface area contributed by atoms with Gasteiger partial charge in [-0.1, -0.05) is 18.2 Å². The van der Waals surface area contributed by atoms with Crippen LogP contribution in [0, 0.1) is 0 Å². The van der Waals surface area contributed by atoms with Crippen molar-refractivity contribution >= 4 is 12.6 Å². The Labute approximate surface area is 77.6 Å². The van der Waals surface area contributed by atoms with Crippen molar-refractivity contribution in [2.75, 3.05) is 0 Å². The molecule has 1 N–H and O–H groups in total. The van der Waals surface area contributed by atoms with Crippen molar-refractivity contribution in [3.8, 4) is 5.75 Å². The van der Waals surface area contributed by atoms with Crippen molar-refractivity contribution in [1.29, 1.82) is 0 Å². The number of para-hydroxylation sites is 1. The molecule has 0 heterocycles. The quantitative estimate of drug-likeness (QED) is 0.553. The van der Waals surface area contributed by atoms with Gasteiger partial charge in [0.05, 0.1) is 6.10 Å². The summed E-state index contributed by atoms with van der Waals surface area (Å²) in [4.78, 5) is 0. The second-order valence-corrected chi connectivity index (χ2v) is 3.07. The Morgan fingerprint density at radius 1 is 1.33 bits per heavy atom. The number of ether oxygens (including phenoxy) is 1. The SMILES string of the molecule is CC(O)C(S)Oc1ccccc1. The van der Waals surface area contributed by atoms with Gasteiger partial charge in [0.1, 0.15) is 5.75 Å². The van der Waals surface area contributed by atoms with E-state index in [1.54, 1.807) is 6.92 Å². The number of hydrogen-bond acceptors (Lipinski definition) is 3. The first-order chi connectivity index (χ1) is 5.70. The normalized spacial score (nSPS) is 15.2. The van der Waals surface area contributed by atoms with Crippen LogP contribution in [-0.2, 0) is 0 Å². The topological polar surface area (TPSA) is 29.5 Å². The Hall–Kier alpha value is -0.670. The summed E-state index contributed by atoms with van der Waals surface area (Å²) in [6.07, 6.45) is -0.575. The van der Waals surface area contributed by atoms with Gasteiger partial charge in [-0.15, -0.1) is 12.6 Å². The average Bonchev–Trinajstić information content (AvgIpc) is 2.06. The highest BCUT2D eigenvalue weighted by Crippen LogP contribution is 2.14. The van der Waals surface area contributed by atoms with Gasteiger partial charge in [-0.3, -0.25) is 0 Å². The maximum Gasteiger partial charge on any atom is 0.167 e. The maximum atomic E-state index is 9.08. The van der Waals surface area contributed by atoms with Crippen molar-refractivity contribution in [3.05, 3.63) is 30.3 Å². The van der Waals surface area contributed by atoms with Gasteiger partial charge in [0.25, 0.3) is 0 Å². The maximum absolute atomic E-state index is 9.08. The number of hydrogen-bond donors (Lipinski definition) is 2. The van der Waals surface area contributed by atoms with Crippen molar-refractivity contribution < 1.29 is 9.84 Å². The molecule has 0 bridgehead atoms. The van der Waals surface area contributed by atoms with E-state index in [4.69, 9.17) is 9.84 Å². The molecule has 1 rings (SSSR count). The molecule has 66 valence electrons.